The van der Waals surface area contributed by atoms with Crippen LogP contribution in [0.4, 0.5) is 0 Å². The number of hydrogen-bond donors (Lipinski definition) is 0. The second-order valence-corrected chi connectivity index (χ2v) is 9.68. The smallest absolute Gasteiger partial charge is 0.424 e. The Hall–Kier alpha value is -3.87. The number of nitrogens with zero attached hydrogens (tertiary/aromatic N) is 2. The number of para-hydroxylation sites is 1. The first-order valence-electron chi connectivity index (χ1n) is 12.3. The molecule has 1 aliphatic heterocycles. The van der Waals surface area contributed by atoms with E-state index in [4.69, 9.17) is 18.6 Å². The lowest BCUT2D eigenvalue weighted by Gasteiger charge is -2.28. The van der Waals surface area contributed by atoms with Crippen LogP contribution < -0.4 is 20.0 Å². The van der Waals surface area contributed by atoms with Gasteiger partial charge < -0.3 is 23.2 Å². The molecule has 0 bridgehead atoms. The number of oxazole rings is 1. The second kappa shape index (κ2) is 8.97. The van der Waals surface area contributed by atoms with Gasteiger partial charge in [0, 0.05) is 34.8 Å². The molecule has 1 aliphatic rings. The third-order valence-electron chi connectivity index (χ3n) is 6.39. The SMILES string of the molecule is COc1c(OC(C)C)c(OC(C)C)c2oc(=O)n3c2c1C(c1ccccc1-n1c(C)ccc1C)C=C3. The second-order valence-electron chi connectivity index (χ2n) is 9.68. The van der Waals surface area contributed by atoms with Gasteiger partial charge in [-0.2, -0.15) is 0 Å². The highest BCUT2D eigenvalue weighted by Gasteiger charge is 2.35. The highest BCUT2D eigenvalue weighted by Crippen LogP contribution is 2.53. The third-order valence-corrected chi connectivity index (χ3v) is 6.39. The Morgan fingerprint density at radius 2 is 1.53 bits per heavy atom. The van der Waals surface area contributed by atoms with Gasteiger partial charge in [0.1, 0.15) is 5.52 Å². The molecule has 4 aromatic rings. The van der Waals surface area contributed by atoms with Crippen LogP contribution in [-0.4, -0.2) is 28.5 Å². The van der Waals surface area contributed by atoms with E-state index in [1.165, 1.54) is 4.57 Å². The highest BCUT2D eigenvalue weighted by molar-refractivity contribution is 5.93. The Morgan fingerprint density at radius 1 is 0.889 bits per heavy atom. The molecule has 0 saturated carbocycles. The summed E-state index contributed by atoms with van der Waals surface area (Å²) in [6.07, 6.45) is 3.47. The van der Waals surface area contributed by atoms with Crippen LogP contribution in [0, 0.1) is 13.8 Å². The molecule has 7 nitrogen and oxygen atoms in total. The fourth-order valence-electron chi connectivity index (χ4n) is 5.07. The number of allylic oxidation sites excluding steroid dienone is 1. The zero-order valence-electron chi connectivity index (χ0n) is 21.8. The number of benzene rings is 2. The van der Waals surface area contributed by atoms with E-state index in [-0.39, 0.29) is 18.1 Å². The van der Waals surface area contributed by atoms with Crippen molar-refractivity contribution in [1.29, 1.82) is 0 Å². The van der Waals surface area contributed by atoms with Crippen LogP contribution in [0.5, 0.6) is 17.2 Å². The lowest BCUT2D eigenvalue weighted by atomic mass is 9.86. The Kier molecular flexibility index (Phi) is 5.94. The van der Waals surface area contributed by atoms with Crippen molar-refractivity contribution in [3.05, 3.63) is 75.5 Å². The van der Waals surface area contributed by atoms with Crippen LogP contribution in [0.1, 0.15) is 56.1 Å². The fraction of sp³-hybridized carbons (Fsp3) is 0.345. The maximum Gasteiger partial charge on any atom is 0.424 e. The predicted octanol–water partition coefficient (Wildman–Crippen LogP) is 6.20. The normalized spacial score (nSPS) is 14.8. The average molecular weight is 489 g/mol. The summed E-state index contributed by atoms with van der Waals surface area (Å²) in [6, 6.07) is 12.5. The predicted molar refractivity (Wildman–Crippen MR) is 141 cm³/mol. The van der Waals surface area contributed by atoms with E-state index >= 15 is 0 Å². The number of methoxy groups -OCH3 is 1. The van der Waals surface area contributed by atoms with Crippen molar-refractivity contribution in [2.24, 2.45) is 0 Å². The first-order valence-corrected chi connectivity index (χ1v) is 12.3. The zero-order valence-corrected chi connectivity index (χ0v) is 21.8. The molecule has 5 rings (SSSR count). The fourth-order valence-corrected chi connectivity index (χ4v) is 5.07. The Balaban J connectivity index is 1.86. The summed E-state index contributed by atoms with van der Waals surface area (Å²) in [5.41, 5.74) is 6.22. The highest BCUT2D eigenvalue weighted by atomic mass is 16.6. The molecule has 0 spiro atoms. The summed E-state index contributed by atoms with van der Waals surface area (Å²) in [4.78, 5) is 12.9. The zero-order chi connectivity index (χ0) is 25.7. The van der Waals surface area contributed by atoms with Crippen molar-refractivity contribution in [1.82, 2.24) is 9.13 Å². The maximum atomic E-state index is 12.9. The number of aromatic nitrogens is 2. The minimum Gasteiger partial charge on any atom is -0.492 e. The van der Waals surface area contributed by atoms with Gasteiger partial charge >= 0.3 is 5.76 Å². The van der Waals surface area contributed by atoms with Crippen molar-refractivity contribution in [3.63, 3.8) is 0 Å². The molecule has 0 saturated heterocycles. The number of aryl methyl sites for hydroxylation is 2. The van der Waals surface area contributed by atoms with E-state index in [1.54, 1.807) is 13.3 Å². The Labute approximate surface area is 210 Å². The molecule has 36 heavy (non-hydrogen) atoms. The summed E-state index contributed by atoms with van der Waals surface area (Å²) in [5, 5.41) is 0. The molecule has 0 amide bonds. The summed E-state index contributed by atoms with van der Waals surface area (Å²) in [6.45, 7) is 11.9. The van der Waals surface area contributed by atoms with Crippen molar-refractivity contribution < 1.29 is 18.6 Å². The molecule has 7 heteroatoms. The standard InChI is InChI=1S/C29H32N2O5/c1-16(2)34-27-25(33-7)23-21(20-10-8-9-11-22(20)31-18(5)12-13-19(31)6)14-15-30-24(23)26(36-29(30)32)28(27)35-17(3)4/h8-17,21H,1-7H3. The summed E-state index contributed by atoms with van der Waals surface area (Å²) >= 11 is 0. The maximum absolute atomic E-state index is 12.9. The van der Waals surface area contributed by atoms with Crippen molar-refractivity contribution >= 4 is 17.3 Å². The van der Waals surface area contributed by atoms with Crippen LogP contribution in [-0.2, 0) is 0 Å². The van der Waals surface area contributed by atoms with E-state index in [2.05, 4.69) is 42.7 Å². The van der Waals surface area contributed by atoms with Crippen LogP contribution in [0.3, 0.4) is 0 Å². The van der Waals surface area contributed by atoms with Crippen LogP contribution in [0.25, 0.3) is 23.0 Å². The Bertz CT molecular complexity index is 1510. The third kappa shape index (κ3) is 3.70. The van der Waals surface area contributed by atoms with Crippen molar-refractivity contribution in [3.8, 4) is 22.9 Å². The average Bonchev–Trinajstić information content (AvgIpc) is 3.35. The van der Waals surface area contributed by atoms with Gasteiger partial charge in [-0.15, -0.1) is 0 Å². The largest absolute Gasteiger partial charge is 0.492 e. The number of rotatable bonds is 7. The molecular formula is C29H32N2O5. The summed E-state index contributed by atoms with van der Waals surface area (Å²) in [7, 11) is 1.62. The van der Waals surface area contributed by atoms with Crippen LogP contribution in [0.2, 0.25) is 0 Å². The number of ether oxygens (including phenoxy) is 3. The van der Waals surface area contributed by atoms with Gasteiger partial charge in [-0.3, -0.25) is 0 Å². The van der Waals surface area contributed by atoms with Crippen molar-refractivity contribution in [2.75, 3.05) is 7.11 Å². The molecule has 0 aliphatic carbocycles. The van der Waals surface area contributed by atoms with E-state index in [9.17, 15) is 4.79 Å². The minimum absolute atomic E-state index is 0.151. The van der Waals surface area contributed by atoms with E-state index in [1.807, 2.05) is 45.9 Å². The van der Waals surface area contributed by atoms with Gasteiger partial charge in [-0.05, 0) is 65.3 Å². The molecule has 0 fully saturated rings. The Morgan fingerprint density at radius 3 is 2.17 bits per heavy atom. The van der Waals surface area contributed by atoms with Gasteiger partial charge in [-0.25, -0.2) is 9.36 Å². The van der Waals surface area contributed by atoms with Crippen LogP contribution in [0.15, 0.2) is 51.7 Å². The van der Waals surface area contributed by atoms with Gasteiger partial charge in [0.15, 0.2) is 5.75 Å². The summed E-state index contributed by atoms with van der Waals surface area (Å²) < 4.78 is 28.0. The monoisotopic (exact) mass is 488 g/mol. The summed E-state index contributed by atoms with van der Waals surface area (Å²) in [5.74, 6) is 0.648. The van der Waals surface area contributed by atoms with E-state index in [0.29, 0.717) is 28.3 Å². The minimum atomic E-state index is -0.483. The lowest BCUT2D eigenvalue weighted by molar-refractivity contribution is 0.191. The lowest BCUT2D eigenvalue weighted by Crippen LogP contribution is -2.18. The van der Waals surface area contributed by atoms with E-state index < -0.39 is 5.76 Å². The molecule has 0 N–H and O–H groups in total. The van der Waals surface area contributed by atoms with Gasteiger partial charge in [-0.1, -0.05) is 24.3 Å². The first kappa shape index (κ1) is 23.9. The molecule has 2 aromatic carbocycles. The molecule has 0 radical (unpaired) electrons. The van der Waals surface area contributed by atoms with Crippen LogP contribution >= 0.6 is 0 Å². The molecule has 3 heterocycles. The molecule has 1 atom stereocenters. The van der Waals surface area contributed by atoms with E-state index in [0.717, 1.165) is 28.2 Å². The first-order chi connectivity index (χ1) is 17.2. The molecule has 1 unspecified atom stereocenters. The van der Waals surface area contributed by atoms with Gasteiger partial charge in [0.05, 0.1) is 19.3 Å². The molecule has 2 aromatic heterocycles. The van der Waals surface area contributed by atoms with Gasteiger partial charge in [0.2, 0.25) is 17.1 Å². The quantitative estimate of drug-likeness (QED) is 0.310. The van der Waals surface area contributed by atoms with Crippen molar-refractivity contribution in [2.45, 2.75) is 59.7 Å². The number of hydrogen-bond acceptors (Lipinski definition) is 5. The topological polar surface area (TPSA) is 67.8 Å². The molecule has 188 valence electrons. The molecular weight excluding hydrogens is 456 g/mol. The van der Waals surface area contributed by atoms with Gasteiger partial charge in [0.25, 0.3) is 0 Å².